The van der Waals surface area contributed by atoms with Gasteiger partial charge in [0.2, 0.25) is 5.89 Å². The molecule has 0 aliphatic heterocycles. The van der Waals surface area contributed by atoms with E-state index in [0.29, 0.717) is 11.1 Å². The topological polar surface area (TPSA) is 71.8 Å². The highest BCUT2D eigenvalue weighted by Gasteiger charge is 2.24. The van der Waals surface area contributed by atoms with E-state index in [4.69, 9.17) is 4.42 Å². The second-order valence-electron chi connectivity index (χ2n) is 6.54. The van der Waals surface area contributed by atoms with E-state index in [0.717, 1.165) is 33.3 Å². The van der Waals surface area contributed by atoms with E-state index in [2.05, 4.69) is 15.2 Å². The first-order valence-electron chi connectivity index (χ1n) is 8.71. The highest BCUT2D eigenvalue weighted by molar-refractivity contribution is 8.00. The van der Waals surface area contributed by atoms with Crippen LogP contribution in [0.1, 0.15) is 28.5 Å². The Balaban J connectivity index is 1.56. The number of carbonyl (C=O) groups is 1. The van der Waals surface area contributed by atoms with Crippen molar-refractivity contribution < 1.29 is 9.21 Å². The number of fused-ring (bicyclic) bond motifs is 1. The van der Waals surface area contributed by atoms with Crippen LogP contribution in [0.3, 0.4) is 0 Å². The SMILES string of the molecule is Cc1cccc(-c2nnc(SC(C)C(=O)c3c(C)[nH]c4ccccc34)o2)c1. The molecule has 0 spiro atoms. The summed E-state index contributed by atoms with van der Waals surface area (Å²) < 4.78 is 5.76. The number of aromatic nitrogens is 3. The van der Waals surface area contributed by atoms with Gasteiger partial charge in [-0.15, -0.1) is 10.2 Å². The molecule has 1 N–H and O–H groups in total. The van der Waals surface area contributed by atoms with Gasteiger partial charge in [-0.2, -0.15) is 0 Å². The Morgan fingerprint density at radius 1 is 1.11 bits per heavy atom. The number of Topliss-reactive ketones (excluding diaryl/α,β-unsaturated/α-hetero) is 1. The largest absolute Gasteiger partial charge is 0.411 e. The quantitative estimate of drug-likeness (QED) is 0.382. The van der Waals surface area contributed by atoms with Crippen LogP contribution in [0.4, 0.5) is 0 Å². The number of hydrogen-bond donors (Lipinski definition) is 1. The summed E-state index contributed by atoms with van der Waals surface area (Å²) in [5, 5.41) is 9.21. The van der Waals surface area contributed by atoms with E-state index in [-0.39, 0.29) is 11.0 Å². The summed E-state index contributed by atoms with van der Waals surface area (Å²) in [6.45, 7) is 5.80. The molecule has 1 atom stereocenters. The van der Waals surface area contributed by atoms with Crippen LogP contribution in [-0.4, -0.2) is 26.2 Å². The Morgan fingerprint density at radius 3 is 2.74 bits per heavy atom. The van der Waals surface area contributed by atoms with Crippen molar-refractivity contribution >= 4 is 28.4 Å². The minimum atomic E-state index is -0.339. The summed E-state index contributed by atoms with van der Waals surface area (Å²) in [5.41, 5.74) is 4.57. The minimum absolute atomic E-state index is 0.0465. The molecule has 0 amide bonds. The molecule has 4 aromatic rings. The Labute approximate surface area is 161 Å². The van der Waals surface area contributed by atoms with Crippen molar-refractivity contribution in [3.05, 3.63) is 65.4 Å². The molecular weight excluding hydrogens is 358 g/mol. The first-order valence-corrected chi connectivity index (χ1v) is 9.59. The maximum absolute atomic E-state index is 13.0. The Hall–Kier alpha value is -2.86. The van der Waals surface area contributed by atoms with Gasteiger partial charge in [0.15, 0.2) is 5.78 Å². The molecule has 2 aromatic carbocycles. The van der Waals surface area contributed by atoms with Gasteiger partial charge in [-0.1, -0.05) is 47.7 Å². The van der Waals surface area contributed by atoms with Crippen LogP contribution in [0, 0.1) is 13.8 Å². The van der Waals surface area contributed by atoms with E-state index in [1.54, 1.807) is 0 Å². The van der Waals surface area contributed by atoms with E-state index in [1.165, 1.54) is 11.8 Å². The van der Waals surface area contributed by atoms with E-state index < -0.39 is 0 Å². The maximum Gasteiger partial charge on any atom is 0.277 e. The Morgan fingerprint density at radius 2 is 1.93 bits per heavy atom. The predicted octanol–water partition coefficient (Wildman–Crippen LogP) is 5.20. The van der Waals surface area contributed by atoms with Gasteiger partial charge >= 0.3 is 0 Å². The number of H-pyrrole nitrogens is 1. The van der Waals surface area contributed by atoms with Crippen molar-refractivity contribution in [3.63, 3.8) is 0 Å². The number of benzene rings is 2. The summed E-state index contributed by atoms with van der Waals surface area (Å²) in [6.07, 6.45) is 0. The number of para-hydroxylation sites is 1. The predicted molar refractivity (Wildman–Crippen MR) is 107 cm³/mol. The van der Waals surface area contributed by atoms with E-state index >= 15 is 0 Å². The van der Waals surface area contributed by atoms with Crippen LogP contribution in [-0.2, 0) is 0 Å². The standard InChI is InChI=1S/C21H19N3O2S/c1-12-7-6-8-15(11-12)20-23-24-21(26-20)27-14(3)19(25)18-13(2)22-17-10-5-4-9-16(17)18/h4-11,14,22H,1-3H3. The van der Waals surface area contributed by atoms with E-state index in [9.17, 15) is 4.79 Å². The van der Waals surface area contributed by atoms with Crippen LogP contribution >= 0.6 is 11.8 Å². The van der Waals surface area contributed by atoms with Gasteiger partial charge in [-0.25, -0.2) is 0 Å². The normalized spacial score (nSPS) is 12.4. The van der Waals surface area contributed by atoms with Crippen LogP contribution < -0.4 is 0 Å². The molecule has 0 saturated carbocycles. The second kappa shape index (κ2) is 7.04. The molecule has 0 aliphatic carbocycles. The fraction of sp³-hybridized carbons (Fsp3) is 0.190. The molecule has 4 rings (SSSR count). The highest BCUT2D eigenvalue weighted by Crippen LogP contribution is 2.31. The van der Waals surface area contributed by atoms with Crippen molar-refractivity contribution in [2.75, 3.05) is 0 Å². The van der Waals surface area contributed by atoms with Crippen molar-refractivity contribution in [2.45, 2.75) is 31.2 Å². The van der Waals surface area contributed by atoms with Crippen molar-refractivity contribution in [1.82, 2.24) is 15.2 Å². The van der Waals surface area contributed by atoms with Gasteiger partial charge in [0, 0.05) is 27.7 Å². The first-order chi connectivity index (χ1) is 13.0. The highest BCUT2D eigenvalue weighted by atomic mass is 32.2. The van der Waals surface area contributed by atoms with Gasteiger partial charge < -0.3 is 9.40 Å². The average molecular weight is 377 g/mol. The summed E-state index contributed by atoms with van der Waals surface area (Å²) in [5.74, 6) is 0.509. The zero-order valence-corrected chi connectivity index (χ0v) is 16.1. The Kier molecular flexibility index (Phi) is 4.58. The van der Waals surface area contributed by atoms with Crippen LogP contribution in [0.2, 0.25) is 0 Å². The number of carbonyl (C=O) groups excluding carboxylic acids is 1. The average Bonchev–Trinajstić information content (AvgIpc) is 3.24. The molecule has 0 bridgehead atoms. The van der Waals surface area contributed by atoms with E-state index in [1.807, 2.05) is 69.3 Å². The Bertz CT molecular complexity index is 1130. The first kappa shape index (κ1) is 17.5. The molecule has 27 heavy (non-hydrogen) atoms. The van der Waals surface area contributed by atoms with Gasteiger partial charge in [-0.05, 0) is 39.0 Å². The minimum Gasteiger partial charge on any atom is -0.411 e. The lowest BCUT2D eigenvalue weighted by molar-refractivity contribution is 0.0994. The fourth-order valence-electron chi connectivity index (χ4n) is 3.15. The lowest BCUT2D eigenvalue weighted by Crippen LogP contribution is -2.14. The molecular formula is C21H19N3O2S. The number of ketones is 1. The van der Waals surface area contributed by atoms with Crippen molar-refractivity contribution in [3.8, 4) is 11.5 Å². The van der Waals surface area contributed by atoms with Crippen molar-refractivity contribution in [2.24, 2.45) is 0 Å². The molecule has 0 radical (unpaired) electrons. The molecule has 6 heteroatoms. The van der Waals surface area contributed by atoms with Crippen LogP contribution in [0.15, 0.2) is 58.2 Å². The summed E-state index contributed by atoms with van der Waals surface area (Å²) in [6, 6.07) is 15.7. The number of nitrogens with one attached hydrogen (secondary N) is 1. The third-order valence-corrected chi connectivity index (χ3v) is 5.39. The summed E-state index contributed by atoms with van der Waals surface area (Å²) in [4.78, 5) is 16.3. The molecule has 0 saturated heterocycles. The van der Waals surface area contributed by atoms with Gasteiger partial charge in [0.25, 0.3) is 5.22 Å². The monoisotopic (exact) mass is 377 g/mol. The number of rotatable bonds is 5. The number of nitrogens with zero attached hydrogens (tertiary/aromatic N) is 2. The third-order valence-electron chi connectivity index (χ3n) is 4.46. The third kappa shape index (κ3) is 3.40. The molecule has 5 nitrogen and oxygen atoms in total. The maximum atomic E-state index is 13.0. The number of thioether (sulfide) groups is 1. The molecule has 1 unspecified atom stereocenters. The molecule has 136 valence electrons. The summed E-state index contributed by atoms with van der Waals surface area (Å²) >= 11 is 1.28. The summed E-state index contributed by atoms with van der Waals surface area (Å²) in [7, 11) is 0. The molecule has 2 aromatic heterocycles. The van der Waals surface area contributed by atoms with Crippen molar-refractivity contribution in [1.29, 1.82) is 0 Å². The van der Waals surface area contributed by atoms with Gasteiger partial charge in [0.05, 0.1) is 5.25 Å². The fourth-order valence-corrected chi connectivity index (χ4v) is 3.90. The van der Waals surface area contributed by atoms with Gasteiger partial charge in [0.1, 0.15) is 0 Å². The van der Waals surface area contributed by atoms with Gasteiger partial charge in [-0.3, -0.25) is 4.79 Å². The number of aromatic amines is 1. The molecule has 0 fully saturated rings. The smallest absolute Gasteiger partial charge is 0.277 e. The molecule has 2 heterocycles. The van der Waals surface area contributed by atoms with Crippen LogP contribution in [0.5, 0.6) is 0 Å². The number of aryl methyl sites for hydroxylation is 2. The zero-order valence-electron chi connectivity index (χ0n) is 15.3. The lowest BCUT2D eigenvalue weighted by Gasteiger charge is -2.07. The molecule has 0 aliphatic rings. The lowest BCUT2D eigenvalue weighted by atomic mass is 10.1. The number of hydrogen-bond acceptors (Lipinski definition) is 5. The van der Waals surface area contributed by atoms with Crippen LogP contribution in [0.25, 0.3) is 22.4 Å². The second-order valence-corrected chi connectivity index (χ2v) is 7.83. The zero-order chi connectivity index (χ0) is 19.0.